The van der Waals surface area contributed by atoms with E-state index in [1.165, 1.54) is 0 Å². The van der Waals surface area contributed by atoms with Gasteiger partial charge in [0, 0.05) is 45.5 Å². The number of nitrogens with two attached hydrogens (primary N) is 1. The number of aliphatic hydroxyl groups excluding tert-OH is 1. The Morgan fingerprint density at radius 1 is 1.30 bits per heavy atom. The van der Waals surface area contributed by atoms with Crippen LogP contribution in [0, 0.1) is 0 Å². The van der Waals surface area contributed by atoms with Gasteiger partial charge in [-0.25, -0.2) is 4.98 Å². The highest BCUT2D eigenvalue weighted by Crippen LogP contribution is 2.08. The normalized spacial score (nSPS) is 17.2. The first kappa shape index (κ1) is 15.0. The van der Waals surface area contributed by atoms with Crippen molar-refractivity contribution in [3.05, 3.63) is 18.2 Å². The smallest absolute Gasteiger partial charge is 0.274 e. The maximum absolute atomic E-state index is 12.4. The molecule has 0 atom stereocenters. The Bertz CT molecular complexity index is 434. The van der Waals surface area contributed by atoms with Crippen LogP contribution in [0.25, 0.3) is 0 Å². The Morgan fingerprint density at radius 2 is 2.15 bits per heavy atom. The molecule has 0 aliphatic carbocycles. The van der Waals surface area contributed by atoms with Gasteiger partial charge in [-0.2, -0.15) is 0 Å². The molecule has 1 amide bonds. The summed E-state index contributed by atoms with van der Waals surface area (Å²) in [6.07, 6.45) is 4.33. The molecule has 0 bridgehead atoms. The van der Waals surface area contributed by atoms with Gasteiger partial charge in [-0.1, -0.05) is 0 Å². The van der Waals surface area contributed by atoms with Crippen molar-refractivity contribution in [2.45, 2.75) is 13.0 Å². The zero-order valence-corrected chi connectivity index (χ0v) is 11.7. The second-order valence-corrected chi connectivity index (χ2v) is 5.00. The number of carbonyl (C=O) groups is 1. The molecule has 20 heavy (non-hydrogen) atoms. The average Bonchev–Trinajstić information content (AvgIpc) is 2.78. The van der Waals surface area contributed by atoms with E-state index in [-0.39, 0.29) is 12.5 Å². The molecule has 0 radical (unpaired) electrons. The van der Waals surface area contributed by atoms with Crippen LogP contribution in [0.3, 0.4) is 0 Å². The Hall–Kier alpha value is -1.44. The summed E-state index contributed by atoms with van der Waals surface area (Å²) in [6, 6.07) is 0. The molecule has 2 rings (SSSR count). The van der Waals surface area contributed by atoms with Crippen molar-refractivity contribution >= 4 is 5.91 Å². The number of hydrogen-bond acceptors (Lipinski definition) is 5. The minimum atomic E-state index is -0.0216. The van der Waals surface area contributed by atoms with Crippen molar-refractivity contribution in [2.24, 2.45) is 5.73 Å². The van der Waals surface area contributed by atoms with Crippen molar-refractivity contribution in [3.8, 4) is 0 Å². The fourth-order valence-corrected chi connectivity index (χ4v) is 2.44. The van der Waals surface area contributed by atoms with Gasteiger partial charge in [-0.05, 0) is 13.0 Å². The van der Waals surface area contributed by atoms with E-state index in [0.717, 1.165) is 26.1 Å². The summed E-state index contributed by atoms with van der Waals surface area (Å²) in [5.74, 6) is -0.0216. The third kappa shape index (κ3) is 3.78. The molecular weight excluding hydrogens is 258 g/mol. The molecule has 1 saturated heterocycles. The van der Waals surface area contributed by atoms with Crippen LogP contribution in [0.1, 0.15) is 16.9 Å². The number of nitrogens with zero attached hydrogens (tertiary/aromatic N) is 4. The molecule has 1 aromatic heterocycles. The van der Waals surface area contributed by atoms with E-state index in [2.05, 4.69) is 9.88 Å². The molecule has 3 N–H and O–H groups in total. The molecule has 0 spiro atoms. The molecule has 7 heteroatoms. The maximum atomic E-state index is 12.4. The van der Waals surface area contributed by atoms with E-state index in [9.17, 15) is 4.79 Å². The summed E-state index contributed by atoms with van der Waals surface area (Å²) in [5.41, 5.74) is 5.96. The lowest BCUT2D eigenvalue weighted by Gasteiger charge is -2.20. The van der Waals surface area contributed by atoms with Crippen molar-refractivity contribution in [2.75, 3.05) is 45.9 Å². The number of β-amino-alcohol motifs (C(OH)–C–C–N with tert-alkyl or cyclic N) is 1. The molecule has 0 unspecified atom stereocenters. The molecule has 7 nitrogen and oxygen atoms in total. The third-order valence-corrected chi connectivity index (χ3v) is 3.53. The third-order valence-electron chi connectivity index (χ3n) is 3.53. The standard InChI is InChI=1S/C13H23N5O2/c14-2-5-17-10-12(15-11-17)13(20)18-4-1-3-16(6-7-18)8-9-19/h10-11,19H,1-9,14H2. The number of aliphatic hydroxyl groups is 1. The van der Waals surface area contributed by atoms with E-state index in [1.54, 1.807) is 12.5 Å². The highest BCUT2D eigenvalue weighted by Gasteiger charge is 2.21. The van der Waals surface area contributed by atoms with E-state index in [1.807, 2.05) is 9.47 Å². The summed E-state index contributed by atoms with van der Waals surface area (Å²) in [4.78, 5) is 20.6. The Balaban J connectivity index is 1.94. The van der Waals surface area contributed by atoms with Crippen LogP contribution in [0.4, 0.5) is 0 Å². The minimum absolute atomic E-state index is 0.0216. The maximum Gasteiger partial charge on any atom is 0.274 e. The summed E-state index contributed by atoms with van der Waals surface area (Å²) < 4.78 is 1.84. The fourth-order valence-electron chi connectivity index (χ4n) is 2.44. The molecule has 112 valence electrons. The summed E-state index contributed by atoms with van der Waals surface area (Å²) in [5, 5.41) is 8.97. The van der Waals surface area contributed by atoms with Crippen LogP contribution in [-0.4, -0.2) is 76.2 Å². The average molecular weight is 281 g/mol. The Morgan fingerprint density at radius 3 is 2.90 bits per heavy atom. The van der Waals surface area contributed by atoms with Gasteiger partial charge in [0.1, 0.15) is 5.69 Å². The Kier molecular flexibility index (Phi) is 5.51. The SMILES string of the molecule is NCCn1cnc(C(=O)N2CCCN(CCO)CC2)c1. The topological polar surface area (TPSA) is 87.6 Å². The van der Waals surface area contributed by atoms with Crippen molar-refractivity contribution < 1.29 is 9.90 Å². The number of rotatable bonds is 5. The lowest BCUT2D eigenvalue weighted by Crippen LogP contribution is -2.36. The molecule has 1 fully saturated rings. The van der Waals surface area contributed by atoms with Crippen molar-refractivity contribution in [1.29, 1.82) is 0 Å². The number of aromatic nitrogens is 2. The fraction of sp³-hybridized carbons (Fsp3) is 0.692. The second kappa shape index (κ2) is 7.37. The zero-order valence-electron chi connectivity index (χ0n) is 11.7. The van der Waals surface area contributed by atoms with Crippen LogP contribution in [0.15, 0.2) is 12.5 Å². The number of imidazole rings is 1. The van der Waals surface area contributed by atoms with Crippen molar-refractivity contribution in [1.82, 2.24) is 19.4 Å². The van der Waals surface area contributed by atoms with Crippen LogP contribution in [0.2, 0.25) is 0 Å². The van der Waals surface area contributed by atoms with Gasteiger partial charge in [0.25, 0.3) is 5.91 Å². The first-order chi connectivity index (χ1) is 9.74. The zero-order chi connectivity index (χ0) is 14.4. The molecule has 0 aromatic carbocycles. The van der Waals surface area contributed by atoms with Crippen molar-refractivity contribution in [3.63, 3.8) is 0 Å². The lowest BCUT2D eigenvalue weighted by atomic mass is 10.3. The number of amides is 1. The summed E-state index contributed by atoms with van der Waals surface area (Å²) in [7, 11) is 0. The quantitative estimate of drug-likeness (QED) is 0.721. The Labute approximate surface area is 119 Å². The van der Waals surface area contributed by atoms with Gasteiger partial charge in [0.05, 0.1) is 12.9 Å². The van der Waals surface area contributed by atoms with Crippen LogP contribution in [-0.2, 0) is 6.54 Å². The first-order valence-corrected chi connectivity index (χ1v) is 7.09. The summed E-state index contributed by atoms with van der Waals surface area (Å²) >= 11 is 0. The predicted octanol–water partition coefficient (Wildman–Crippen LogP) is -1.02. The van der Waals surface area contributed by atoms with E-state index >= 15 is 0 Å². The molecule has 1 aromatic rings. The van der Waals surface area contributed by atoms with Gasteiger partial charge >= 0.3 is 0 Å². The van der Waals surface area contributed by atoms with E-state index in [0.29, 0.717) is 31.9 Å². The van der Waals surface area contributed by atoms with Gasteiger partial charge in [-0.15, -0.1) is 0 Å². The van der Waals surface area contributed by atoms with Gasteiger partial charge in [-0.3, -0.25) is 9.69 Å². The monoisotopic (exact) mass is 281 g/mol. The molecule has 1 aliphatic heterocycles. The predicted molar refractivity (Wildman–Crippen MR) is 75.3 cm³/mol. The van der Waals surface area contributed by atoms with Gasteiger partial charge in [0.15, 0.2) is 0 Å². The molecular formula is C13H23N5O2. The largest absolute Gasteiger partial charge is 0.395 e. The minimum Gasteiger partial charge on any atom is -0.395 e. The summed E-state index contributed by atoms with van der Waals surface area (Å²) in [6.45, 7) is 5.19. The number of carbonyl (C=O) groups excluding carboxylic acids is 1. The van der Waals surface area contributed by atoms with Crippen LogP contribution < -0.4 is 5.73 Å². The highest BCUT2D eigenvalue weighted by atomic mass is 16.3. The van der Waals surface area contributed by atoms with E-state index < -0.39 is 0 Å². The molecule has 0 saturated carbocycles. The molecule has 1 aliphatic rings. The lowest BCUT2D eigenvalue weighted by molar-refractivity contribution is 0.0755. The van der Waals surface area contributed by atoms with Gasteiger partial charge < -0.3 is 20.3 Å². The van der Waals surface area contributed by atoms with Crippen LogP contribution in [0.5, 0.6) is 0 Å². The molecule has 2 heterocycles. The highest BCUT2D eigenvalue weighted by molar-refractivity contribution is 5.92. The van der Waals surface area contributed by atoms with Crippen LogP contribution >= 0.6 is 0 Å². The van der Waals surface area contributed by atoms with E-state index in [4.69, 9.17) is 10.8 Å². The van der Waals surface area contributed by atoms with Gasteiger partial charge in [0.2, 0.25) is 0 Å². The first-order valence-electron chi connectivity index (χ1n) is 7.09. The number of hydrogen-bond donors (Lipinski definition) is 2. The second-order valence-electron chi connectivity index (χ2n) is 5.00.